The minimum Gasteiger partial charge on any atom is -0.371 e. The van der Waals surface area contributed by atoms with Crippen molar-refractivity contribution in [2.24, 2.45) is 5.92 Å². The van der Waals surface area contributed by atoms with Crippen LogP contribution in [0.3, 0.4) is 0 Å². The number of halogens is 1. The first-order valence-electron chi connectivity index (χ1n) is 17.1. The number of hydrogen-bond donors (Lipinski definition) is 4. The van der Waals surface area contributed by atoms with E-state index in [-0.39, 0.29) is 30.2 Å². The molecule has 0 spiro atoms. The molecule has 0 radical (unpaired) electrons. The number of hydrazine groups is 1. The summed E-state index contributed by atoms with van der Waals surface area (Å²) in [5.41, 5.74) is 8.23. The SMILES string of the molecule is CCCCCCNNC(=O)c1ccc(N2CCN(CC3CCN(c4ccc(C(=O)NC5CCC(=O)NC5=O)c(F)c4)CC3)CC2)cc1. The van der Waals surface area contributed by atoms with E-state index in [0.717, 1.165) is 83.0 Å². The van der Waals surface area contributed by atoms with Gasteiger partial charge < -0.3 is 15.1 Å². The molecule has 4 amide bonds. The van der Waals surface area contributed by atoms with Crippen LogP contribution >= 0.6 is 0 Å². The zero-order chi connectivity index (χ0) is 33.2. The fourth-order valence-electron chi connectivity index (χ4n) is 6.56. The maximum Gasteiger partial charge on any atom is 0.265 e. The third kappa shape index (κ3) is 9.51. The van der Waals surface area contributed by atoms with E-state index in [1.54, 1.807) is 6.07 Å². The number of carbonyl (C=O) groups excluding carboxylic acids is 4. The Balaban J connectivity index is 1.01. The number of amides is 4. The van der Waals surface area contributed by atoms with Crippen LogP contribution in [0.1, 0.15) is 79.0 Å². The predicted molar refractivity (Wildman–Crippen MR) is 180 cm³/mol. The average Bonchev–Trinajstić information content (AvgIpc) is 3.08. The van der Waals surface area contributed by atoms with Crippen molar-refractivity contribution < 1.29 is 23.6 Å². The van der Waals surface area contributed by atoms with Gasteiger partial charge in [0.2, 0.25) is 11.8 Å². The monoisotopic (exact) mass is 649 g/mol. The van der Waals surface area contributed by atoms with E-state index >= 15 is 0 Å². The van der Waals surface area contributed by atoms with E-state index in [1.807, 2.05) is 24.3 Å². The summed E-state index contributed by atoms with van der Waals surface area (Å²) in [6, 6.07) is 11.6. The normalized spacial score (nSPS) is 19.4. The number of hydrogen-bond acceptors (Lipinski definition) is 8. The Morgan fingerprint density at radius 2 is 1.55 bits per heavy atom. The van der Waals surface area contributed by atoms with Gasteiger partial charge >= 0.3 is 0 Å². The number of anilines is 2. The molecule has 1 atom stereocenters. The number of piperidine rings is 2. The standard InChI is InChI=1S/C35H48FN7O4/c1-2-3-4-5-16-37-40-33(45)26-6-8-27(9-7-26)43-21-19-41(20-22-43)24-25-14-17-42(18-15-25)28-10-11-29(30(36)23-28)34(46)38-31-12-13-32(44)39-35(31)47/h6-11,23,25,31,37H,2-5,12-22,24H2,1H3,(H,38,46)(H,40,45)(H,39,44,47). The zero-order valence-electron chi connectivity index (χ0n) is 27.4. The molecule has 0 aromatic heterocycles. The number of unbranched alkanes of at least 4 members (excludes halogenated alkanes) is 3. The number of carbonyl (C=O) groups is 4. The molecule has 3 aliphatic heterocycles. The van der Waals surface area contributed by atoms with Gasteiger partial charge in [0.25, 0.3) is 11.8 Å². The summed E-state index contributed by atoms with van der Waals surface area (Å²) in [6.45, 7) is 9.48. The van der Waals surface area contributed by atoms with Gasteiger partial charge in [-0.3, -0.25) is 34.8 Å². The second-order valence-electron chi connectivity index (χ2n) is 12.8. The second kappa shape index (κ2) is 16.7. The van der Waals surface area contributed by atoms with Crippen LogP contribution < -0.4 is 31.3 Å². The fourth-order valence-corrected chi connectivity index (χ4v) is 6.56. The van der Waals surface area contributed by atoms with Crippen LogP contribution in [0.4, 0.5) is 15.8 Å². The summed E-state index contributed by atoms with van der Waals surface area (Å²) in [5, 5.41) is 4.73. The molecule has 3 heterocycles. The molecule has 12 heteroatoms. The lowest BCUT2D eigenvalue weighted by molar-refractivity contribution is -0.134. The van der Waals surface area contributed by atoms with Gasteiger partial charge in [0.1, 0.15) is 11.9 Å². The first-order valence-corrected chi connectivity index (χ1v) is 17.1. The lowest BCUT2D eigenvalue weighted by Gasteiger charge is -2.40. The molecule has 47 heavy (non-hydrogen) atoms. The van der Waals surface area contributed by atoms with Crippen LogP contribution in [0.25, 0.3) is 0 Å². The van der Waals surface area contributed by atoms with E-state index in [2.05, 4.69) is 43.1 Å². The van der Waals surface area contributed by atoms with Gasteiger partial charge in [0.05, 0.1) is 5.56 Å². The average molecular weight is 650 g/mol. The highest BCUT2D eigenvalue weighted by Gasteiger charge is 2.29. The third-order valence-electron chi connectivity index (χ3n) is 9.46. The molecule has 0 bridgehead atoms. The van der Waals surface area contributed by atoms with Gasteiger partial charge in [-0.05, 0) is 74.1 Å². The molecule has 0 aliphatic carbocycles. The van der Waals surface area contributed by atoms with Crippen molar-refractivity contribution in [3.8, 4) is 0 Å². The Labute approximate surface area is 276 Å². The number of nitrogens with one attached hydrogen (secondary N) is 4. The van der Waals surface area contributed by atoms with Gasteiger partial charge in [-0.2, -0.15) is 0 Å². The van der Waals surface area contributed by atoms with Crippen molar-refractivity contribution in [1.82, 2.24) is 26.4 Å². The Morgan fingerprint density at radius 3 is 2.23 bits per heavy atom. The van der Waals surface area contributed by atoms with Crippen molar-refractivity contribution in [3.05, 3.63) is 59.4 Å². The summed E-state index contributed by atoms with van der Waals surface area (Å²) in [6.07, 6.45) is 6.99. The molecule has 11 nitrogen and oxygen atoms in total. The van der Waals surface area contributed by atoms with Crippen LogP contribution in [0.5, 0.6) is 0 Å². The summed E-state index contributed by atoms with van der Waals surface area (Å²) in [5.74, 6) is -1.77. The van der Waals surface area contributed by atoms with Crippen LogP contribution in [0, 0.1) is 11.7 Å². The van der Waals surface area contributed by atoms with E-state index < -0.39 is 23.7 Å². The summed E-state index contributed by atoms with van der Waals surface area (Å²) in [4.78, 5) is 55.4. The number of piperazine rings is 1. The van der Waals surface area contributed by atoms with E-state index in [9.17, 15) is 23.6 Å². The van der Waals surface area contributed by atoms with Crippen molar-refractivity contribution >= 4 is 35.0 Å². The summed E-state index contributed by atoms with van der Waals surface area (Å²) in [7, 11) is 0. The molecule has 2 aromatic rings. The Hall–Kier alpha value is -4.03. The molecular formula is C35H48FN7O4. The van der Waals surface area contributed by atoms with E-state index in [0.29, 0.717) is 11.5 Å². The van der Waals surface area contributed by atoms with Crippen molar-refractivity contribution in [2.75, 3.05) is 62.2 Å². The highest BCUT2D eigenvalue weighted by atomic mass is 19.1. The topological polar surface area (TPSA) is 126 Å². The maximum atomic E-state index is 15.0. The first-order chi connectivity index (χ1) is 22.8. The highest BCUT2D eigenvalue weighted by Crippen LogP contribution is 2.27. The van der Waals surface area contributed by atoms with Crippen molar-refractivity contribution in [2.45, 2.75) is 64.3 Å². The molecular weight excluding hydrogens is 601 g/mol. The zero-order valence-corrected chi connectivity index (χ0v) is 27.4. The molecule has 0 saturated carbocycles. The largest absolute Gasteiger partial charge is 0.371 e. The molecule has 3 saturated heterocycles. The van der Waals surface area contributed by atoms with Gasteiger partial charge in [-0.1, -0.05) is 26.2 Å². The van der Waals surface area contributed by atoms with Gasteiger partial charge in [0.15, 0.2) is 0 Å². The van der Waals surface area contributed by atoms with E-state index in [4.69, 9.17) is 0 Å². The minimum absolute atomic E-state index is 0.112. The van der Waals surface area contributed by atoms with Crippen LogP contribution in [-0.4, -0.2) is 86.9 Å². The third-order valence-corrected chi connectivity index (χ3v) is 9.46. The predicted octanol–water partition coefficient (Wildman–Crippen LogP) is 3.21. The van der Waals surface area contributed by atoms with Crippen LogP contribution in [-0.2, 0) is 9.59 Å². The Kier molecular flexibility index (Phi) is 12.2. The van der Waals surface area contributed by atoms with E-state index in [1.165, 1.54) is 31.4 Å². The first kappa shape index (κ1) is 34.3. The quantitative estimate of drug-likeness (QED) is 0.148. The maximum absolute atomic E-state index is 15.0. The summed E-state index contributed by atoms with van der Waals surface area (Å²) < 4.78 is 15.0. The molecule has 3 fully saturated rings. The van der Waals surface area contributed by atoms with Crippen molar-refractivity contribution in [3.63, 3.8) is 0 Å². The molecule has 3 aliphatic rings. The Bertz CT molecular complexity index is 1390. The molecule has 1 unspecified atom stereocenters. The van der Waals surface area contributed by atoms with Gasteiger partial charge in [-0.15, -0.1) is 0 Å². The minimum atomic E-state index is -0.847. The fraction of sp³-hybridized carbons (Fsp3) is 0.543. The van der Waals surface area contributed by atoms with Crippen molar-refractivity contribution in [1.29, 1.82) is 0 Å². The van der Waals surface area contributed by atoms with Crippen LogP contribution in [0.15, 0.2) is 42.5 Å². The van der Waals surface area contributed by atoms with Gasteiger partial charge in [0, 0.05) is 75.7 Å². The molecule has 4 N–H and O–H groups in total. The number of imide groups is 1. The highest BCUT2D eigenvalue weighted by molar-refractivity contribution is 6.04. The Morgan fingerprint density at radius 1 is 0.851 bits per heavy atom. The number of benzene rings is 2. The lowest BCUT2D eigenvalue weighted by atomic mass is 9.95. The lowest BCUT2D eigenvalue weighted by Crippen LogP contribution is -2.52. The smallest absolute Gasteiger partial charge is 0.265 e. The molecule has 5 rings (SSSR count). The van der Waals surface area contributed by atoms with Crippen LogP contribution in [0.2, 0.25) is 0 Å². The second-order valence-corrected chi connectivity index (χ2v) is 12.8. The molecule has 2 aromatic carbocycles. The van der Waals surface area contributed by atoms with Gasteiger partial charge in [-0.25, -0.2) is 9.82 Å². The molecule has 254 valence electrons. The summed E-state index contributed by atoms with van der Waals surface area (Å²) >= 11 is 0. The number of rotatable bonds is 13. The number of nitrogens with zero attached hydrogens (tertiary/aromatic N) is 3.